The minimum absolute atomic E-state index is 0.274. The highest BCUT2D eigenvalue weighted by Crippen LogP contribution is 2.30. The molecule has 0 aromatic heterocycles. The van der Waals surface area contributed by atoms with Crippen LogP contribution in [0.25, 0.3) is 0 Å². The van der Waals surface area contributed by atoms with Crippen LogP contribution in [0.4, 0.5) is 15.8 Å². The van der Waals surface area contributed by atoms with Gasteiger partial charge in [0.2, 0.25) is 0 Å². The van der Waals surface area contributed by atoms with Gasteiger partial charge in [-0.15, -0.1) is 0 Å². The van der Waals surface area contributed by atoms with E-state index < -0.39 is 5.82 Å². The van der Waals surface area contributed by atoms with Crippen LogP contribution in [0.1, 0.15) is 5.56 Å². The predicted molar refractivity (Wildman–Crippen MR) is 97.8 cm³/mol. The molecule has 0 saturated carbocycles. The normalized spacial score (nSPS) is 10.3. The highest BCUT2D eigenvalue weighted by Gasteiger charge is 2.11. The third-order valence-corrected chi connectivity index (χ3v) is 4.46. The smallest absolute Gasteiger partial charge is 0.175 e. The molecular formula is C14H10Br2ClFN2S. The molecule has 2 rings (SSSR count). The monoisotopic (exact) mass is 450 g/mol. The number of rotatable bonds is 2. The molecule has 0 amide bonds. The largest absolute Gasteiger partial charge is 0.332 e. The number of halogens is 4. The van der Waals surface area contributed by atoms with Gasteiger partial charge in [0.15, 0.2) is 5.11 Å². The highest BCUT2D eigenvalue weighted by molar-refractivity contribution is 9.11. The summed E-state index contributed by atoms with van der Waals surface area (Å²) >= 11 is 17.8. The second-order valence-corrected chi connectivity index (χ2v) is 6.82. The SMILES string of the molecule is Cc1c(Cl)cccc1NC(=S)Nc1c(F)cc(Br)cc1Br. The van der Waals surface area contributed by atoms with Crippen LogP contribution in [0.3, 0.4) is 0 Å². The van der Waals surface area contributed by atoms with E-state index in [2.05, 4.69) is 42.5 Å². The molecule has 0 spiro atoms. The maximum absolute atomic E-state index is 13.9. The lowest BCUT2D eigenvalue weighted by molar-refractivity contribution is 0.630. The van der Waals surface area contributed by atoms with Crippen LogP contribution in [0.15, 0.2) is 39.3 Å². The Morgan fingerprint density at radius 1 is 1.24 bits per heavy atom. The Balaban J connectivity index is 2.18. The quantitative estimate of drug-likeness (QED) is 0.537. The van der Waals surface area contributed by atoms with Gasteiger partial charge in [0.25, 0.3) is 0 Å². The van der Waals surface area contributed by atoms with Crippen molar-refractivity contribution >= 4 is 72.2 Å². The van der Waals surface area contributed by atoms with Gasteiger partial charge in [-0.2, -0.15) is 0 Å². The fourth-order valence-corrected chi connectivity index (χ4v) is 3.33. The predicted octanol–water partition coefficient (Wildman–Crippen LogP) is 6.12. The molecule has 0 aliphatic heterocycles. The fraction of sp³-hybridized carbons (Fsp3) is 0.0714. The van der Waals surface area contributed by atoms with Crippen molar-refractivity contribution in [1.29, 1.82) is 0 Å². The fourth-order valence-electron chi connectivity index (χ4n) is 1.67. The molecule has 0 atom stereocenters. The maximum atomic E-state index is 13.9. The first-order valence-electron chi connectivity index (χ1n) is 5.86. The average Bonchev–Trinajstić information content (AvgIpc) is 2.39. The Hall–Kier alpha value is -0.690. The Kier molecular flexibility index (Phi) is 5.60. The number of thiocarbonyl (C=S) groups is 1. The van der Waals surface area contributed by atoms with Gasteiger partial charge in [0, 0.05) is 19.7 Å². The summed E-state index contributed by atoms with van der Waals surface area (Å²) in [6, 6.07) is 8.56. The topological polar surface area (TPSA) is 24.1 Å². The zero-order chi connectivity index (χ0) is 15.6. The van der Waals surface area contributed by atoms with Crippen LogP contribution in [-0.4, -0.2) is 5.11 Å². The average molecular weight is 453 g/mol. The van der Waals surface area contributed by atoms with E-state index in [1.807, 2.05) is 19.1 Å². The van der Waals surface area contributed by atoms with Crippen molar-refractivity contribution in [3.8, 4) is 0 Å². The summed E-state index contributed by atoms with van der Waals surface area (Å²) in [7, 11) is 0. The molecule has 0 saturated heterocycles. The van der Waals surface area contributed by atoms with Crippen LogP contribution in [0.5, 0.6) is 0 Å². The molecule has 7 heteroatoms. The van der Waals surface area contributed by atoms with E-state index in [0.717, 1.165) is 11.3 Å². The second kappa shape index (κ2) is 7.05. The first-order chi connectivity index (χ1) is 9.88. The minimum Gasteiger partial charge on any atom is -0.332 e. The first kappa shape index (κ1) is 16.7. The lowest BCUT2D eigenvalue weighted by atomic mass is 10.2. The summed E-state index contributed by atoms with van der Waals surface area (Å²) in [4.78, 5) is 0. The zero-order valence-corrected chi connectivity index (χ0v) is 15.6. The molecule has 0 heterocycles. The van der Waals surface area contributed by atoms with Crippen molar-refractivity contribution in [3.05, 3.63) is 55.7 Å². The summed E-state index contributed by atoms with van der Waals surface area (Å²) in [6.45, 7) is 1.88. The molecular weight excluding hydrogens is 442 g/mol. The maximum Gasteiger partial charge on any atom is 0.175 e. The summed E-state index contributed by atoms with van der Waals surface area (Å²) < 4.78 is 15.1. The van der Waals surface area contributed by atoms with E-state index in [4.69, 9.17) is 23.8 Å². The first-order valence-corrected chi connectivity index (χ1v) is 8.23. The van der Waals surface area contributed by atoms with Crippen molar-refractivity contribution in [2.75, 3.05) is 10.6 Å². The van der Waals surface area contributed by atoms with Gasteiger partial charge in [-0.1, -0.05) is 33.6 Å². The van der Waals surface area contributed by atoms with E-state index in [1.165, 1.54) is 6.07 Å². The number of anilines is 2. The Labute approximate surface area is 149 Å². The van der Waals surface area contributed by atoms with Crippen molar-refractivity contribution in [2.24, 2.45) is 0 Å². The van der Waals surface area contributed by atoms with Crippen LogP contribution < -0.4 is 10.6 Å². The molecule has 2 nitrogen and oxygen atoms in total. The molecule has 110 valence electrons. The second-order valence-electron chi connectivity index (χ2n) is 4.24. The van der Waals surface area contributed by atoms with E-state index in [9.17, 15) is 4.39 Å². The van der Waals surface area contributed by atoms with Crippen molar-refractivity contribution < 1.29 is 4.39 Å². The Bertz CT molecular complexity index is 686. The number of benzene rings is 2. The molecule has 2 aromatic rings. The van der Waals surface area contributed by atoms with Gasteiger partial charge in [-0.25, -0.2) is 4.39 Å². The Morgan fingerprint density at radius 3 is 2.62 bits per heavy atom. The lowest BCUT2D eigenvalue weighted by Gasteiger charge is -2.15. The molecule has 0 bridgehead atoms. The van der Waals surface area contributed by atoms with E-state index in [1.54, 1.807) is 12.1 Å². The van der Waals surface area contributed by atoms with E-state index >= 15 is 0 Å². The summed E-state index contributed by atoms with van der Waals surface area (Å²) in [5.41, 5.74) is 1.92. The van der Waals surface area contributed by atoms with Crippen LogP contribution in [0, 0.1) is 12.7 Å². The number of hydrogen-bond acceptors (Lipinski definition) is 1. The molecule has 0 unspecified atom stereocenters. The van der Waals surface area contributed by atoms with E-state index in [0.29, 0.717) is 14.0 Å². The molecule has 0 radical (unpaired) electrons. The van der Waals surface area contributed by atoms with E-state index in [-0.39, 0.29) is 10.8 Å². The molecule has 2 N–H and O–H groups in total. The summed E-state index contributed by atoms with van der Waals surface area (Å²) in [5, 5.41) is 6.76. The van der Waals surface area contributed by atoms with Crippen LogP contribution >= 0.6 is 55.7 Å². The van der Waals surface area contributed by atoms with Gasteiger partial charge in [0.05, 0.1) is 5.69 Å². The number of nitrogens with one attached hydrogen (secondary N) is 2. The lowest BCUT2D eigenvalue weighted by Crippen LogP contribution is -2.20. The molecule has 2 aromatic carbocycles. The van der Waals surface area contributed by atoms with Gasteiger partial charge in [-0.05, 0) is 64.9 Å². The van der Waals surface area contributed by atoms with Gasteiger partial charge < -0.3 is 10.6 Å². The summed E-state index contributed by atoms with van der Waals surface area (Å²) in [5.74, 6) is -0.414. The van der Waals surface area contributed by atoms with Gasteiger partial charge >= 0.3 is 0 Å². The standard InChI is InChI=1S/C14H10Br2ClFN2S/c1-7-10(17)3-2-4-12(7)19-14(21)20-13-9(16)5-8(15)6-11(13)18/h2-6H,1H3,(H2,19,20,21). The highest BCUT2D eigenvalue weighted by atomic mass is 79.9. The third kappa shape index (κ3) is 4.16. The van der Waals surface area contributed by atoms with Crippen LogP contribution in [-0.2, 0) is 0 Å². The zero-order valence-electron chi connectivity index (χ0n) is 10.8. The molecule has 0 fully saturated rings. The van der Waals surface area contributed by atoms with Crippen molar-refractivity contribution in [3.63, 3.8) is 0 Å². The van der Waals surface area contributed by atoms with Crippen molar-refractivity contribution in [2.45, 2.75) is 6.92 Å². The molecule has 21 heavy (non-hydrogen) atoms. The Morgan fingerprint density at radius 2 is 1.95 bits per heavy atom. The van der Waals surface area contributed by atoms with Crippen molar-refractivity contribution in [1.82, 2.24) is 0 Å². The van der Waals surface area contributed by atoms with Gasteiger partial charge in [-0.3, -0.25) is 0 Å². The minimum atomic E-state index is -0.414. The van der Waals surface area contributed by atoms with Crippen LogP contribution in [0.2, 0.25) is 5.02 Å². The summed E-state index contributed by atoms with van der Waals surface area (Å²) in [6.07, 6.45) is 0. The number of hydrogen-bond donors (Lipinski definition) is 2. The molecule has 0 aliphatic carbocycles. The third-order valence-electron chi connectivity index (χ3n) is 2.76. The molecule has 0 aliphatic rings. The van der Waals surface area contributed by atoms with Gasteiger partial charge in [0.1, 0.15) is 5.82 Å².